The Morgan fingerprint density at radius 3 is 2.20 bits per heavy atom. The van der Waals surface area contributed by atoms with Crippen LogP contribution in [-0.2, 0) is 0 Å². The summed E-state index contributed by atoms with van der Waals surface area (Å²) in [4.78, 5) is 0. The average molecular weight is 141 g/mol. The maximum absolute atomic E-state index is 6.03. The van der Waals surface area contributed by atoms with E-state index in [4.69, 9.17) is 5.73 Å². The van der Waals surface area contributed by atoms with Gasteiger partial charge in [-0.1, -0.05) is 19.9 Å². The Balaban J connectivity index is 3.68. The molecule has 1 heteroatoms. The van der Waals surface area contributed by atoms with Gasteiger partial charge >= 0.3 is 0 Å². The normalized spacial score (nSPS) is 11.5. The Hall–Kier alpha value is -0.300. The van der Waals surface area contributed by atoms with E-state index in [2.05, 4.69) is 20.4 Å². The summed E-state index contributed by atoms with van der Waals surface area (Å²) in [6.07, 6.45) is 6.18. The highest BCUT2D eigenvalue weighted by Gasteiger charge is 2.17. The number of rotatable bonds is 5. The highest BCUT2D eigenvalue weighted by Crippen LogP contribution is 2.17. The molecule has 0 aromatic heterocycles. The van der Waals surface area contributed by atoms with Crippen LogP contribution >= 0.6 is 0 Å². The molecule has 0 spiro atoms. The quantitative estimate of drug-likeness (QED) is 0.585. The first-order chi connectivity index (χ1) is 4.68. The van der Waals surface area contributed by atoms with E-state index in [9.17, 15) is 0 Å². The Labute approximate surface area is 64.3 Å². The van der Waals surface area contributed by atoms with Gasteiger partial charge in [-0.2, -0.15) is 0 Å². The molecule has 0 aromatic carbocycles. The van der Waals surface area contributed by atoms with Gasteiger partial charge in [0.25, 0.3) is 0 Å². The zero-order chi connectivity index (χ0) is 8.04. The van der Waals surface area contributed by atoms with Crippen molar-refractivity contribution in [1.29, 1.82) is 0 Å². The van der Waals surface area contributed by atoms with Crippen molar-refractivity contribution in [3.05, 3.63) is 12.7 Å². The number of allylic oxidation sites excluding steroid dienone is 1. The predicted octanol–water partition coefficient (Wildman–Crippen LogP) is 2.47. The summed E-state index contributed by atoms with van der Waals surface area (Å²) >= 11 is 0. The zero-order valence-electron chi connectivity index (χ0n) is 7.19. The zero-order valence-corrected chi connectivity index (χ0v) is 7.19. The lowest BCUT2D eigenvalue weighted by atomic mass is 9.89. The molecule has 0 aliphatic carbocycles. The van der Waals surface area contributed by atoms with Gasteiger partial charge in [0.05, 0.1) is 0 Å². The predicted molar refractivity (Wildman–Crippen MR) is 46.9 cm³/mol. The minimum absolute atomic E-state index is 0.0637. The van der Waals surface area contributed by atoms with E-state index in [1.165, 1.54) is 0 Å². The number of nitrogens with two attached hydrogens (primary N) is 1. The van der Waals surface area contributed by atoms with Gasteiger partial charge in [0.15, 0.2) is 0 Å². The van der Waals surface area contributed by atoms with Crippen LogP contribution in [0.25, 0.3) is 0 Å². The Kier molecular flexibility index (Phi) is 4.37. The lowest BCUT2D eigenvalue weighted by Crippen LogP contribution is -2.37. The van der Waals surface area contributed by atoms with Crippen LogP contribution in [0.5, 0.6) is 0 Å². The van der Waals surface area contributed by atoms with Crippen LogP contribution in [0.3, 0.4) is 0 Å². The second-order valence-electron chi connectivity index (χ2n) is 2.90. The summed E-state index contributed by atoms with van der Waals surface area (Å²) in [6, 6.07) is 0. The molecule has 60 valence electrons. The van der Waals surface area contributed by atoms with Crippen molar-refractivity contribution in [2.75, 3.05) is 0 Å². The van der Waals surface area contributed by atoms with Crippen molar-refractivity contribution in [2.24, 2.45) is 5.73 Å². The van der Waals surface area contributed by atoms with Gasteiger partial charge in [-0.25, -0.2) is 0 Å². The molecule has 1 nitrogen and oxygen atoms in total. The molecule has 0 fully saturated rings. The highest BCUT2D eigenvalue weighted by atomic mass is 14.7. The van der Waals surface area contributed by atoms with E-state index in [1.54, 1.807) is 0 Å². The van der Waals surface area contributed by atoms with Gasteiger partial charge in [-0.05, 0) is 25.7 Å². The monoisotopic (exact) mass is 141 g/mol. The van der Waals surface area contributed by atoms with Gasteiger partial charge in [-0.15, -0.1) is 6.58 Å². The van der Waals surface area contributed by atoms with Gasteiger partial charge in [0, 0.05) is 5.54 Å². The third kappa shape index (κ3) is 3.02. The molecule has 0 aliphatic rings. The average Bonchev–Trinajstić information content (AvgIpc) is 2.00. The summed E-state index contributed by atoms with van der Waals surface area (Å²) < 4.78 is 0. The highest BCUT2D eigenvalue weighted by molar-refractivity contribution is 4.83. The molecule has 0 atom stereocenters. The summed E-state index contributed by atoms with van der Waals surface area (Å²) in [7, 11) is 0. The Morgan fingerprint density at radius 2 is 1.90 bits per heavy atom. The van der Waals surface area contributed by atoms with Crippen LogP contribution in [0.4, 0.5) is 0 Å². The molecule has 0 amide bonds. The molecule has 2 N–H and O–H groups in total. The third-order valence-electron chi connectivity index (χ3n) is 2.25. The molecule has 0 saturated heterocycles. The minimum Gasteiger partial charge on any atom is -0.325 e. The van der Waals surface area contributed by atoms with Crippen LogP contribution in [0.1, 0.15) is 39.5 Å². The van der Waals surface area contributed by atoms with Crippen molar-refractivity contribution in [2.45, 2.75) is 45.1 Å². The second-order valence-corrected chi connectivity index (χ2v) is 2.90. The van der Waals surface area contributed by atoms with Gasteiger partial charge in [-0.3, -0.25) is 0 Å². The number of hydrogen-bond acceptors (Lipinski definition) is 1. The van der Waals surface area contributed by atoms with Crippen molar-refractivity contribution < 1.29 is 0 Å². The maximum Gasteiger partial charge on any atom is 0.0152 e. The van der Waals surface area contributed by atoms with Crippen molar-refractivity contribution in [3.8, 4) is 0 Å². The van der Waals surface area contributed by atoms with Crippen molar-refractivity contribution >= 4 is 0 Å². The summed E-state index contributed by atoms with van der Waals surface area (Å²) in [5.41, 5.74) is 6.10. The van der Waals surface area contributed by atoms with E-state index in [0.717, 1.165) is 25.7 Å². The van der Waals surface area contributed by atoms with Gasteiger partial charge < -0.3 is 5.73 Å². The van der Waals surface area contributed by atoms with Crippen molar-refractivity contribution in [3.63, 3.8) is 0 Å². The van der Waals surface area contributed by atoms with Gasteiger partial charge in [0.2, 0.25) is 0 Å². The first-order valence-electron chi connectivity index (χ1n) is 4.08. The SMILES string of the molecule is C=CCCC(N)(CC)CC. The van der Waals surface area contributed by atoms with Crippen LogP contribution in [0.15, 0.2) is 12.7 Å². The lowest BCUT2D eigenvalue weighted by Gasteiger charge is -2.25. The van der Waals surface area contributed by atoms with Crippen molar-refractivity contribution in [1.82, 2.24) is 0 Å². The summed E-state index contributed by atoms with van der Waals surface area (Å²) in [5, 5.41) is 0. The summed E-state index contributed by atoms with van der Waals surface area (Å²) in [6.45, 7) is 7.97. The topological polar surface area (TPSA) is 26.0 Å². The first kappa shape index (κ1) is 9.70. The van der Waals surface area contributed by atoms with E-state index in [1.807, 2.05) is 6.08 Å². The van der Waals surface area contributed by atoms with E-state index in [0.29, 0.717) is 0 Å². The molecule has 0 aliphatic heterocycles. The molecule has 0 unspecified atom stereocenters. The molecular formula is C9H19N. The second kappa shape index (κ2) is 4.51. The smallest absolute Gasteiger partial charge is 0.0152 e. The maximum atomic E-state index is 6.03. The fourth-order valence-corrected chi connectivity index (χ4v) is 0.993. The molecule has 10 heavy (non-hydrogen) atoms. The third-order valence-corrected chi connectivity index (χ3v) is 2.25. The minimum atomic E-state index is 0.0637. The van der Waals surface area contributed by atoms with E-state index in [-0.39, 0.29) is 5.54 Å². The molecule has 0 saturated carbocycles. The van der Waals surface area contributed by atoms with Crippen LogP contribution < -0.4 is 5.73 Å². The lowest BCUT2D eigenvalue weighted by molar-refractivity contribution is 0.370. The first-order valence-corrected chi connectivity index (χ1v) is 4.08. The molecular weight excluding hydrogens is 122 g/mol. The fraction of sp³-hybridized carbons (Fsp3) is 0.778. The Bertz CT molecular complexity index is 92.9. The molecule has 0 bridgehead atoms. The standard InChI is InChI=1S/C9H19N/c1-4-7-8-9(10,5-2)6-3/h4H,1,5-8,10H2,2-3H3. The fourth-order valence-electron chi connectivity index (χ4n) is 0.993. The Morgan fingerprint density at radius 1 is 1.40 bits per heavy atom. The van der Waals surface area contributed by atoms with Crippen LogP contribution in [-0.4, -0.2) is 5.54 Å². The number of hydrogen-bond donors (Lipinski definition) is 1. The van der Waals surface area contributed by atoms with E-state index < -0.39 is 0 Å². The molecule has 0 aromatic rings. The summed E-state index contributed by atoms with van der Waals surface area (Å²) in [5.74, 6) is 0. The van der Waals surface area contributed by atoms with E-state index >= 15 is 0 Å². The van der Waals surface area contributed by atoms with Gasteiger partial charge in [0.1, 0.15) is 0 Å². The van der Waals surface area contributed by atoms with Crippen LogP contribution in [0, 0.1) is 0 Å². The largest absolute Gasteiger partial charge is 0.325 e. The molecule has 0 rings (SSSR count). The molecule has 0 radical (unpaired) electrons. The molecule has 0 heterocycles. The van der Waals surface area contributed by atoms with Crippen LogP contribution in [0.2, 0.25) is 0 Å².